The Morgan fingerprint density at radius 1 is 0.962 bits per heavy atom. The topological polar surface area (TPSA) is 76.1 Å². The molecule has 0 bridgehead atoms. The van der Waals surface area contributed by atoms with Crippen LogP contribution in [0.4, 0.5) is 26.1 Å². The monoisotopic (exact) mass is 356 g/mol. The Bertz CT molecular complexity index is 933. The molecule has 8 heteroatoms. The van der Waals surface area contributed by atoms with E-state index in [-0.39, 0.29) is 11.4 Å². The Balaban J connectivity index is 1.67. The summed E-state index contributed by atoms with van der Waals surface area (Å²) < 4.78 is 31.2. The number of hydrogen-bond donors (Lipinski definition) is 2. The first-order chi connectivity index (χ1) is 12.5. The van der Waals surface area contributed by atoms with E-state index in [1.165, 1.54) is 12.1 Å². The molecule has 0 saturated heterocycles. The Hall–Kier alpha value is -3.55. The first kappa shape index (κ1) is 17.3. The fourth-order valence-corrected chi connectivity index (χ4v) is 2.14. The molecule has 1 heterocycles. The Morgan fingerprint density at radius 3 is 2.42 bits per heavy atom. The zero-order valence-corrected chi connectivity index (χ0v) is 13.7. The molecule has 132 valence electrons. The van der Waals surface area contributed by atoms with E-state index >= 15 is 0 Å². The summed E-state index contributed by atoms with van der Waals surface area (Å²) in [6.45, 7) is 0. The van der Waals surface area contributed by atoms with Crippen molar-refractivity contribution in [2.24, 2.45) is 0 Å². The minimum Gasteiger partial charge on any atom is -0.497 e. The number of hydrogen-bond acceptors (Lipinski definition) is 5. The van der Waals surface area contributed by atoms with Gasteiger partial charge in [0, 0.05) is 17.3 Å². The Labute approximate surface area is 147 Å². The Kier molecular flexibility index (Phi) is 5.02. The highest BCUT2D eigenvalue weighted by molar-refractivity contribution is 6.03. The van der Waals surface area contributed by atoms with E-state index in [0.29, 0.717) is 11.6 Å². The number of halogens is 2. The average molecular weight is 356 g/mol. The summed E-state index contributed by atoms with van der Waals surface area (Å²) in [7, 11) is 1.57. The maximum absolute atomic E-state index is 13.2. The van der Waals surface area contributed by atoms with Gasteiger partial charge in [0.25, 0.3) is 5.91 Å². The van der Waals surface area contributed by atoms with Gasteiger partial charge in [0.15, 0.2) is 23.3 Å². The fraction of sp³-hybridized carbons (Fsp3) is 0.0556. The van der Waals surface area contributed by atoms with Crippen molar-refractivity contribution in [1.82, 2.24) is 10.2 Å². The zero-order chi connectivity index (χ0) is 18.5. The summed E-state index contributed by atoms with van der Waals surface area (Å²) in [5.41, 5.74) is 0.738. The van der Waals surface area contributed by atoms with Crippen LogP contribution in [0.2, 0.25) is 0 Å². The second kappa shape index (κ2) is 7.56. The molecule has 0 fully saturated rings. The molecule has 1 aromatic heterocycles. The van der Waals surface area contributed by atoms with Crippen molar-refractivity contribution in [3.63, 3.8) is 0 Å². The molecular weight excluding hydrogens is 342 g/mol. The summed E-state index contributed by atoms with van der Waals surface area (Å²) in [5, 5.41) is 13.3. The molecule has 0 saturated carbocycles. The van der Waals surface area contributed by atoms with E-state index in [0.717, 1.165) is 17.8 Å². The van der Waals surface area contributed by atoms with Gasteiger partial charge in [-0.15, -0.1) is 10.2 Å². The first-order valence-corrected chi connectivity index (χ1v) is 7.56. The van der Waals surface area contributed by atoms with Crippen LogP contribution in [-0.2, 0) is 0 Å². The zero-order valence-electron chi connectivity index (χ0n) is 13.7. The van der Waals surface area contributed by atoms with Crippen LogP contribution >= 0.6 is 0 Å². The average Bonchev–Trinajstić information content (AvgIpc) is 2.65. The van der Waals surface area contributed by atoms with E-state index < -0.39 is 17.5 Å². The summed E-state index contributed by atoms with van der Waals surface area (Å²) in [6.07, 6.45) is 0. The highest BCUT2D eigenvalue weighted by atomic mass is 19.2. The number of methoxy groups -OCH3 is 1. The van der Waals surface area contributed by atoms with Crippen molar-refractivity contribution in [2.45, 2.75) is 0 Å². The number of nitrogens with zero attached hydrogens (tertiary/aromatic N) is 2. The molecule has 2 N–H and O–H groups in total. The second-order valence-corrected chi connectivity index (χ2v) is 5.24. The van der Waals surface area contributed by atoms with E-state index in [4.69, 9.17) is 4.74 Å². The van der Waals surface area contributed by atoms with Crippen molar-refractivity contribution >= 4 is 23.2 Å². The number of aromatic nitrogens is 2. The normalized spacial score (nSPS) is 10.3. The molecule has 3 rings (SSSR count). The van der Waals surface area contributed by atoms with Crippen LogP contribution in [0.1, 0.15) is 10.4 Å². The molecular formula is C18H14F2N4O2. The molecule has 3 aromatic rings. The Morgan fingerprint density at radius 2 is 1.73 bits per heavy atom. The molecule has 2 aromatic carbocycles. The van der Waals surface area contributed by atoms with Crippen molar-refractivity contribution in [1.29, 1.82) is 0 Å². The van der Waals surface area contributed by atoms with Crippen LogP contribution in [0.5, 0.6) is 5.75 Å². The molecule has 0 aliphatic heterocycles. The van der Waals surface area contributed by atoms with Gasteiger partial charge in [0.2, 0.25) is 0 Å². The highest BCUT2D eigenvalue weighted by Crippen LogP contribution is 2.20. The van der Waals surface area contributed by atoms with Gasteiger partial charge in [-0.05, 0) is 42.5 Å². The van der Waals surface area contributed by atoms with Crippen LogP contribution in [0.3, 0.4) is 0 Å². The maximum atomic E-state index is 13.2. The van der Waals surface area contributed by atoms with Crippen LogP contribution in [0.15, 0.2) is 54.6 Å². The second-order valence-electron chi connectivity index (χ2n) is 5.24. The van der Waals surface area contributed by atoms with Gasteiger partial charge in [0.1, 0.15) is 5.75 Å². The smallest absolute Gasteiger partial charge is 0.256 e. The van der Waals surface area contributed by atoms with Gasteiger partial charge < -0.3 is 15.4 Å². The van der Waals surface area contributed by atoms with E-state index in [1.54, 1.807) is 19.2 Å². The van der Waals surface area contributed by atoms with Crippen LogP contribution in [0.25, 0.3) is 0 Å². The predicted molar refractivity (Wildman–Crippen MR) is 92.6 cm³/mol. The molecule has 0 aliphatic rings. The SMILES string of the molecule is COc1cccc(Nc2ccc(NC(=O)c3ccc(F)c(F)c3)nn2)c1. The van der Waals surface area contributed by atoms with Crippen LogP contribution < -0.4 is 15.4 Å². The van der Waals surface area contributed by atoms with Crippen molar-refractivity contribution in [3.8, 4) is 5.75 Å². The van der Waals surface area contributed by atoms with E-state index in [1.807, 2.05) is 18.2 Å². The molecule has 26 heavy (non-hydrogen) atoms. The maximum Gasteiger partial charge on any atom is 0.256 e. The van der Waals surface area contributed by atoms with Gasteiger partial charge in [-0.25, -0.2) is 8.78 Å². The van der Waals surface area contributed by atoms with Crippen LogP contribution in [0, 0.1) is 11.6 Å². The molecule has 6 nitrogen and oxygen atoms in total. The fourth-order valence-electron chi connectivity index (χ4n) is 2.14. The summed E-state index contributed by atoms with van der Waals surface area (Å²) >= 11 is 0. The summed E-state index contributed by atoms with van der Waals surface area (Å²) in [5.74, 6) is -1.40. The number of anilines is 3. The minimum atomic E-state index is -1.10. The number of carbonyl (C=O) groups is 1. The summed E-state index contributed by atoms with van der Waals surface area (Å²) in [6, 6.07) is 13.3. The quantitative estimate of drug-likeness (QED) is 0.728. The van der Waals surface area contributed by atoms with E-state index in [9.17, 15) is 13.6 Å². The lowest BCUT2D eigenvalue weighted by atomic mass is 10.2. The van der Waals surface area contributed by atoms with Crippen molar-refractivity contribution < 1.29 is 18.3 Å². The lowest BCUT2D eigenvalue weighted by Crippen LogP contribution is -2.14. The number of amides is 1. The minimum absolute atomic E-state index is 0.0238. The highest BCUT2D eigenvalue weighted by Gasteiger charge is 2.11. The van der Waals surface area contributed by atoms with E-state index in [2.05, 4.69) is 20.8 Å². The first-order valence-electron chi connectivity index (χ1n) is 7.56. The van der Waals surface area contributed by atoms with Gasteiger partial charge in [-0.1, -0.05) is 6.07 Å². The predicted octanol–water partition coefficient (Wildman–Crippen LogP) is 3.76. The van der Waals surface area contributed by atoms with Gasteiger partial charge in [-0.3, -0.25) is 4.79 Å². The van der Waals surface area contributed by atoms with Crippen molar-refractivity contribution in [2.75, 3.05) is 17.7 Å². The third-order valence-electron chi connectivity index (χ3n) is 3.43. The lowest BCUT2D eigenvalue weighted by Gasteiger charge is -2.08. The number of carbonyl (C=O) groups excluding carboxylic acids is 1. The lowest BCUT2D eigenvalue weighted by molar-refractivity contribution is 0.102. The van der Waals surface area contributed by atoms with Crippen molar-refractivity contribution in [3.05, 3.63) is 71.8 Å². The number of ether oxygens (including phenoxy) is 1. The number of rotatable bonds is 5. The summed E-state index contributed by atoms with van der Waals surface area (Å²) in [4.78, 5) is 12.0. The molecule has 1 amide bonds. The standard InChI is InChI=1S/C18H14F2N4O2/c1-26-13-4-2-3-12(10-13)21-16-7-8-17(24-23-16)22-18(25)11-5-6-14(19)15(20)9-11/h2-10H,1H3,(H,21,23)(H,22,24,25). The molecule has 0 aliphatic carbocycles. The van der Waals surface area contributed by atoms with Crippen LogP contribution in [-0.4, -0.2) is 23.2 Å². The van der Waals surface area contributed by atoms with Gasteiger partial charge in [-0.2, -0.15) is 0 Å². The molecule has 0 spiro atoms. The third-order valence-corrected chi connectivity index (χ3v) is 3.43. The largest absolute Gasteiger partial charge is 0.497 e. The molecule has 0 unspecified atom stereocenters. The number of nitrogens with one attached hydrogen (secondary N) is 2. The third kappa shape index (κ3) is 4.10. The van der Waals surface area contributed by atoms with Gasteiger partial charge in [0.05, 0.1) is 7.11 Å². The van der Waals surface area contributed by atoms with Gasteiger partial charge >= 0.3 is 0 Å². The molecule has 0 atom stereocenters. The number of benzene rings is 2. The molecule has 0 radical (unpaired) electrons.